The van der Waals surface area contributed by atoms with Crippen molar-refractivity contribution in [2.24, 2.45) is 5.10 Å². The van der Waals surface area contributed by atoms with Crippen LogP contribution in [-0.2, 0) is 15.8 Å². The Balaban J connectivity index is 1.93. The number of amides is 2. The number of hydrogen-bond acceptors (Lipinski definition) is 4. The number of benzene rings is 2. The van der Waals surface area contributed by atoms with Crippen LogP contribution in [0.4, 0.5) is 24.5 Å². The standard InChI is InChI=1S/C18H17F3N4O2/c1-25(2)15-8-6-12(7-9-15)11-22-24-17(27)16(26)23-14-5-3-4-13(10-14)18(19,20)21/h3-11H,1-2H3,(H,23,26)(H,24,27)/b22-11+. The summed E-state index contributed by atoms with van der Waals surface area (Å²) in [6, 6.07) is 11.2. The first kappa shape index (κ1) is 20.0. The maximum atomic E-state index is 12.6. The van der Waals surface area contributed by atoms with Crippen LogP contribution in [0.25, 0.3) is 0 Å². The van der Waals surface area contributed by atoms with Gasteiger partial charge in [0.15, 0.2) is 0 Å². The van der Waals surface area contributed by atoms with Gasteiger partial charge in [-0.15, -0.1) is 0 Å². The Morgan fingerprint density at radius 1 is 1.04 bits per heavy atom. The highest BCUT2D eigenvalue weighted by atomic mass is 19.4. The van der Waals surface area contributed by atoms with Gasteiger partial charge in [0.25, 0.3) is 0 Å². The van der Waals surface area contributed by atoms with Crippen LogP contribution < -0.4 is 15.6 Å². The second-order valence-electron chi connectivity index (χ2n) is 5.72. The average molecular weight is 378 g/mol. The molecule has 0 aliphatic heterocycles. The molecule has 0 aliphatic rings. The zero-order valence-electron chi connectivity index (χ0n) is 14.5. The molecule has 0 spiro atoms. The molecule has 0 aromatic heterocycles. The van der Waals surface area contributed by atoms with Crippen molar-refractivity contribution >= 4 is 29.4 Å². The van der Waals surface area contributed by atoms with Gasteiger partial charge in [-0.2, -0.15) is 18.3 Å². The van der Waals surface area contributed by atoms with E-state index in [1.807, 2.05) is 36.6 Å². The minimum absolute atomic E-state index is 0.145. The first-order valence-electron chi connectivity index (χ1n) is 7.76. The Morgan fingerprint density at radius 2 is 1.70 bits per heavy atom. The van der Waals surface area contributed by atoms with E-state index in [1.165, 1.54) is 12.3 Å². The molecule has 0 saturated carbocycles. The minimum Gasteiger partial charge on any atom is -0.378 e. The molecule has 27 heavy (non-hydrogen) atoms. The maximum Gasteiger partial charge on any atom is 0.416 e. The molecule has 9 heteroatoms. The fourth-order valence-electron chi connectivity index (χ4n) is 2.04. The van der Waals surface area contributed by atoms with Gasteiger partial charge in [0.1, 0.15) is 0 Å². The van der Waals surface area contributed by atoms with Crippen molar-refractivity contribution < 1.29 is 22.8 Å². The lowest BCUT2D eigenvalue weighted by molar-refractivity contribution is -0.137. The maximum absolute atomic E-state index is 12.6. The summed E-state index contributed by atoms with van der Waals surface area (Å²) in [4.78, 5) is 25.4. The molecule has 0 atom stereocenters. The van der Waals surface area contributed by atoms with Crippen LogP contribution in [0, 0.1) is 0 Å². The van der Waals surface area contributed by atoms with Gasteiger partial charge in [0, 0.05) is 25.5 Å². The molecule has 2 rings (SSSR count). The quantitative estimate of drug-likeness (QED) is 0.488. The largest absolute Gasteiger partial charge is 0.416 e. The molecule has 0 saturated heterocycles. The summed E-state index contributed by atoms with van der Waals surface area (Å²) in [5, 5.41) is 5.75. The number of carbonyl (C=O) groups is 2. The Labute approximate surface area is 153 Å². The van der Waals surface area contributed by atoms with Crippen molar-refractivity contribution in [2.45, 2.75) is 6.18 Å². The van der Waals surface area contributed by atoms with Crippen LogP contribution >= 0.6 is 0 Å². The van der Waals surface area contributed by atoms with Gasteiger partial charge in [-0.05, 0) is 35.9 Å². The number of carbonyl (C=O) groups excluding carboxylic acids is 2. The van der Waals surface area contributed by atoms with Crippen LogP contribution in [0.15, 0.2) is 53.6 Å². The Kier molecular flexibility index (Phi) is 6.17. The molecule has 0 bridgehead atoms. The predicted molar refractivity (Wildman–Crippen MR) is 96.6 cm³/mol. The smallest absolute Gasteiger partial charge is 0.378 e. The zero-order valence-corrected chi connectivity index (χ0v) is 14.5. The molecule has 142 valence electrons. The van der Waals surface area contributed by atoms with Gasteiger partial charge in [-0.3, -0.25) is 9.59 Å². The first-order chi connectivity index (χ1) is 12.7. The van der Waals surface area contributed by atoms with Gasteiger partial charge in [-0.25, -0.2) is 5.43 Å². The molecule has 0 aliphatic carbocycles. The van der Waals surface area contributed by atoms with Crippen LogP contribution in [0.2, 0.25) is 0 Å². The number of halogens is 3. The summed E-state index contributed by atoms with van der Waals surface area (Å²) >= 11 is 0. The molecule has 0 fully saturated rings. The monoisotopic (exact) mass is 378 g/mol. The third-order valence-corrected chi connectivity index (χ3v) is 3.44. The highest BCUT2D eigenvalue weighted by Gasteiger charge is 2.30. The Morgan fingerprint density at radius 3 is 2.30 bits per heavy atom. The Bertz CT molecular complexity index is 846. The highest BCUT2D eigenvalue weighted by molar-refractivity contribution is 6.39. The average Bonchev–Trinajstić information content (AvgIpc) is 2.61. The van der Waals surface area contributed by atoms with Crippen molar-refractivity contribution in [1.29, 1.82) is 0 Å². The lowest BCUT2D eigenvalue weighted by Gasteiger charge is -2.11. The highest BCUT2D eigenvalue weighted by Crippen LogP contribution is 2.30. The van der Waals surface area contributed by atoms with Crippen molar-refractivity contribution in [3.05, 3.63) is 59.7 Å². The molecule has 0 radical (unpaired) electrons. The molecular formula is C18H17F3N4O2. The lowest BCUT2D eigenvalue weighted by atomic mass is 10.2. The van der Waals surface area contributed by atoms with E-state index in [4.69, 9.17) is 0 Å². The van der Waals surface area contributed by atoms with E-state index in [9.17, 15) is 22.8 Å². The second-order valence-corrected chi connectivity index (χ2v) is 5.72. The van der Waals surface area contributed by atoms with E-state index in [0.29, 0.717) is 5.56 Å². The van der Waals surface area contributed by atoms with Gasteiger partial charge in [-0.1, -0.05) is 18.2 Å². The van der Waals surface area contributed by atoms with Crippen LogP contribution in [0.1, 0.15) is 11.1 Å². The summed E-state index contributed by atoms with van der Waals surface area (Å²) in [7, 11) is 3.79. The normalized spacial score (nSPS) is 11.3. The van der Waals surface area contributed by atoms with E-state index in [2.05, 4.69) is 10.4 Å². The number of nitrogens with one attached hydrogen (secondary N) is 2. The summed E-state index contributed by atoms with van der Waals surface area (Å²) in [5.41, 5.74) is 2.62. The zero-order chi connectivity index (χ0) is 20.0. The van der Waals surface area contributed by atoms with Crippen LogP contribution in [0.5, 0.6) is 0 Å². The predicted octanol–water partition coefficient (Wildman–Crippen LogP) is 2.86. The summed E-state index contributed by atoms with van der Waals surface area (Å²) < 4.78 is 37.9. The summed E-state index contributed by atoms with van der Waals surface area (Å²) in [6.45, 7) is 0. The Hall–Kier alpha value is -3.36. The van der Waals surface area contributed by atoms with E-state index in [0.717, 1.165) is 23.9 Å². The van der Waals surface area contributed by atoms with E-state index < -0.39 is 23.6 Å². The second kappa shape index (κ2) is 8.35. The molecule has 2 N–H and O–H groups in total. The summed E-state index contributed by atoms with van der Waals surface area (Å²) in [5.74, 6) is -2.23. The van der Waals surface area contributed by atoms with Crippen molar-refractivity contribution in [3.63, 3.8) is 0 Å². The first-order valence-corrected chi connectivity index (χ1v) is 7.76. The van der Waals surface area contributed by atoms with Gasteiger partial charge in [0.05, 0.1) is 11.8 Å². The fraction of sp³-hybridized carbons (Fsp3) is 0.167. The lowest BCUT2D eigenvalue weighted by Crippen LogP contribution is -2.32. The van der Waals surface area contributed by atoms with Crippen LogP contribution in [-0.4, -0.2) is 32.1 Å². The van der Waals surface area contributed by atoms with Gasteiger partial charge < -0.3 is 10.2 Å². The third kappa shape index (κ3) is 5.84. The number of alkyl halides is 3. The minimum atomic E-state index is -4.55. The molecule has 0 unspecified atom stereocenters. The molecule has 6 nitrogen and oxygen atoms in total. The van der Waals surface area contributed by atoms with E-state index in [-0.39, 0.29) is 5.69 Å². The van der Waals surface area contributed by atoms with Crippen molar-refractivity contribution in [3.8, 4) is 0 Å². The fourth-order valence-corrected chi connectivity index (χ4v) is 2.04. The number of anilines is 2. The van der Waals surface area contributed by atoms with Crippen molar-refractivity contribution in [1.82, 2.24) is 5.43 Å². The third-order valence-electron chi connectivity index (χ3n) is 3.44. The van der Waals surface area contributed by atoms with Gasteiger partial charge >= 0.3 is 18.0 Å². The number of nitrogens with zero attached hydrogens (tertiary/aromatic N) is 2. The number of rotatable bonds is 4. The molecule has 2 aromatic rings. The SMILES string of the molecule is CN(C)c1ccc(/C=N/NC(=O)C(=O)Nc2cccc(C(F)(F)F)c2)cc1. The molecule has 2 aromatic carbocycles. The molecular weight excluding hydrogens is 361 g/mol. The van der Waals surface area contributed by atoms with Gasteiger partial charge in [0.2, 0.25) is 0 Å². The number of hydrazone groups is 1. The molecule has 0 heterocycles. The van der Waals surface area contributed by atoms with Crippen molar-refractivity contribution in [2.75, 3.05) is 24.3 Å². The summed E-state index contributed by atoms with van der Waals surface area (Å²) in [6.07, 6.45) is -3.20. The topological polar surface area (TPSA) is 73.8 Å². The van der Waals surface area contributed by atoms with Crippen LogP contribution in [0.3, 0.4) is 0 Å². The van der Waals surface area contributed by atoms with E-state index in [1.54, 1.807) is 12.1 Å². The van der Waals surface area contributed by atoms with E-state index >= 15 is 0 Å². The number of hydrogen-bond donors (Lipinski definition) is 2. The molecule has 2 amide bonds.